The molecule has 2 amide bonds. The zero-order chi connectivity index (χ0) is 17.6. The van der Waals surface area contributed by atoms with Crippen LogP contribution in [0.25, 0.3) is 10.1 Å². The number of aliphatic hydroxyl groups excluding tert-OH is 1. The van der Waals surface area contributed by atoms with E-state index in [1.54, 1.807) is 0 Å². The maximum absolute atomic E-state index is 11.9. The predicted molar refractivity (Wildman–Crippen MR) is 98.1 cm³/mol. The van der Waals surface area contributed by atoms with Crippen molar-refractivity contribution in [2.45, 2.75) is 12.6 Å². The Hall–Kier alpha value is -2.70. The number of rotatable bonds is 5. The number of hydrogen-bond acceptors (Lipinski definition) is 4. The van der Waals surface area contributed by atoms with Gasteiger partial charge in [0.15, 0.2) is 0 Å². The Labute approximate surface area is 149 Å². The lowest BCUT2D eigenvalue weighted by molar-refractivity contribution is -0.139. The lowest BCUT2D eigenvalue weighted by Crippen LogP contribution is -2.41. The van der Waals surface area contributed by atoms with E-state index >= 15 is 0 Å². The summed E-state index contributed by atoms with van der Waals surface area (Å²) in [4.78, 5) is 23.7. The van der Waals surface area contributed by atoms with Crippen LogP contribution >= 0.6 is 11.3 Å². The van der Waals surface area contributed by atoms with E-state index in [0.717, 1.165) is 21.2 Å². The summed E-state index contributed by atoms with van der Waals surface area (Å²) in [7, 11) is 0. The third kappa shape index (κ3) is 4.23. The third-order valence-electron chi connectivity index (χ3n) is 3.83. The number of hydrogen-bond donors (Lipinski definition) is 3. The Morgan fingerprint density at radius 3 is 2.44 bits per heavy atom. The second-order valence-electron chi connectivity index (χ2n) is 5.58. The van der Waals surface area contributed by atoms with Gasteiger partial charge in [0.05, 0.1) is 6.10 Å². The summed E-state index contributed by atoms with van der Waals surface area (Å²) in [5.74, 6) is -1.47. The summed E-state index contributed by atoms with van der Waals surface area (Å²) in [6, 6.07) is 17.1. The molecule has 1 atom stereocenters. The van der Waals surface area contributed by atoms with Crippen molar-refractivity contribution in [1.82, 2.24) is 10.6 Å². The molecule has 3 N–H and O–H groups in total. The number of carbonyl (C=O) groups is 2. The summed E-state index contributed by atoms with van der Waals surface area (Å²) in [5.41, 5.74) is 1.67. The molecule has 0 saturated carbocycles. The summed E-state index contributed by atoms with van der Waals surface area (Å²) in [6.07, 6.45) is -0.859. The van der Waals surface area contributed by atoms with Crippen LogP contribution in [-0.4, -0.2) is 23.5 Å². The predicted octanol–water partition coefficient (Wildman–Crippen LogP) is 2.37. The number of benzene rings is 2. The first-order valence-electron chi connectivity index (χ1n) is 7.89. The number of carbonyl (C=O) groups excluding carboxylic acids is 2. The normalized spacial score (nSPS) is 11.9. The fraction of sp³-hybridized carbons (Fsp3) is 0.158. The first-order chi connectivity index (χ1) is 12.1. The molecule has 0 aliphatic carbocycles. The Balaban J connectivity index is 1.52. The standard InChI is InChI=1S/C19H18N2O3S/c22-16(15-12-25-17-9-5-4-8-14(15)17)11-21-19(24)18(23)20-10-13-6-2-1-3-7-13/h1-9,12,16,22H,10-11H2,(H,20,23)(H,21,24). The molecule has 3 aromatic rings. The van der Waals surface area contributed by atoms with E-state index in [2.05, 4.69) is 10.6 Å². The second kappa shape index (κ2) is 7.92. The zero-order valence-electron chi connectivity index (χ0n) is 13.4. The van der Waals surface area contributed by atoms with Gasteiger partial charge in [-0.2, -0.15) is 0 Å². The molecule has 5 nitrogen and oxygen atoms in total. The molecule has 0 radical (unpaired) electrons. The molecule has 0 bridgehead atoms. The van der Waals surface area contributed by atoms with E-state index in [1.165, 1.54) is 11.3 Å². The molecule has 1 aromatic heterocycles. The Bertz CT molecular complexity index is 877. The molecule has 0 fully saturated rings. The van der Waals surface area contributed by atoms with Crippen LogP contribution in [0.4, 0.5) is 0 Å². The van der Waals surface area contributed by atoms with Gasteiger partial charge in [0.25, 0.3) is 0 Å². The Morgan fingerprint density at radius 2 is 1.64 bits per heavy atom. The molecular weight excluding hydrogens is 336 g/mol. The quantitative estimate of drug-likeness (QED) is 0.616. The van der Waals surface area contributed by atoms with Crippen LogP contribution in [-0.2, 0) is 16.1 Å². The van der Waals surface area contributed by atoms with Crippen molar-refractivity contribution in [2.75, 3.05) is 6.54 Å². The largest absolute Gasteiger partial charge is 0.387 e. The first kappa shape index (κ1) is 17.1. The van der Waals surface area contributed by atoms with E-state index in [-0.39, 0.29) is 13.1 Å². The summed E-state index contributed by atoms with van der Waals surface area (Å²) >= 11 is 1.54. The van der Waals surface area contributed by atoms with Gasteiger partial charge >= 0.3 is 11.8 Å². The van der Waals surface area contributed by atoms with E-state index in [1.807, 2.05) is 60.0 Å². The minimum Gasteiger partial charge on any atom is -0.387 e. The number of amides is 2. The fourth-order valence-corrected chi connectivity index (χ4v) is 3.50. The topological polar surface area (TPSA) is 78.4 Å². The molecule has 1 unspecified atom stereocenters. The lowest BCUT2D eigenvalue weighted by Gasteiger charge is -2.11. The number of fused-ring (bicyclic) bond motifs is 1. The minimum absolute atomic E-state index is 0.0156. The monoisotopic (exact) mass is 354 g/mol. The third-order valence-corrected chi connectivity index (χ3v) is 4.81. The maximum atomic E-state index is 11.9. The van der Waals surface area contributed by atoms with Crippen LogP contribution in [0, 0.1) is 0 Å². The molecule has 0 aliphatic heterocycles. The highest BCUT2D eigenvalue weighted by Gasteiger charge is 2.17. The van der Waals surface area contributed by atoms with Gasteiger partial charge in [0.1, 0.15) is 0 Å². The molecule has 128 valence electrons. The van der Waals surface area contributed by atoms with E-state index < -0.39 is 17.9 Å². The Morgan fingerprint density at radius 1 is 0.960 bits per heavy atom. The van der Waals surface area contributed by atoms with Gasteiger partial charge in [-0.15, -0.1) is 11.3 Å². The average molecular weight is 354 g/mol. The van der Waals surface area contributed by atoms with Crippen LogP contribution in [0.15, 0.2) is 60.0 Å². The average Bonchev–Trinajstić information content (AvgIpc) is 3.09. The van der Waals surface area contributed by atoms with Crippen LogP contribution in [0.1, 0.15) is 17.2 Å². The fourth-order valence-electron chi connectivity index (χ4n) is 2.49. The summed E-state index contributed by atoms with van der Waals surface area (Å²) in [6.45, 7) is 0.267. The summed E-state index contributed by atoms with van der Waals surface area (Å²) < 4.78 is 1.07. The zero-order valence-corrected chi connectivity index (χ0v) is 14.3. The Kier molecular flexibility index (Phi) is 5.42. The van der Waals surface area contributed by atoms with E-state index in [4.69, 9.17) is 0 Å². The highest BCUT2D eigenvalue weighted by Crippen LogP contribution is 2.29. The molecule has 2 aromatic carbocycles. The van der Waals surface area contributed by atoms with Crippen molar-refractivity contribution in [3.63, 3.8) is 0 Å². The van der Waals surface area contributed by atoms with Crippen LogP contribution in [0.3, 0.4) is 0 Å². The van der Waals surface area contributed by atoms with Gasteiger partial charge in [-0.25, -0.2) is 0 Å². The smallest absolute Gasteiger partial charge is 0.309 e. The van der Waals surface area contributed by atoms with Crippen molar-refractivity contribution in [2.24, 2.45) is 0 Å². The SMILES string of the molecule is O=C(NCc1ccccc1)C(=O)NCC(O)c1csc2ccccc12. The van der Waals surface area contributed by atoms with Gasteiger partial charge in [-0.1, -0.05) is 48.5 Å². The summed E-state index contributed by atoms with van der Waals surface area (Å²) in [5, 5.41) is 18.2. The molecule has 0 spiro atoms. The molecule has 1 heterocycles. The van der Waals surface area contributed by atoms with Gasteiger partial charge in [-0.05, 0) is 22.4 Å². The van der Waals surface area contributed by atoms with Gasteiger partial charge in [0.2, 0.25) is 0 Å². The molecule has 3 rings (SSSR count). The second-order valence-corrected chi connectivity index (χ2v) is 6.49. The van der Waals surface area contributed by atoms with E-state index in [0.29, 0.717) is 0 Å². The first-order valence-corrected chi connectivity index (χ1v) is 8.77. The van der Waals surface area contributed by atoms with Gasteiger partial charge < -0.3 is 15.7 Å². The lowest BCUT2D eigenvalue weighted by atomic mass is 10.1. The minimum atomic E-state index is -0.859. The number of aliphatic hydroxyl groups is 1. The van der Waals surface area contributed by atoms with Crippen molar-refractivity contribution in [3.05, 3.63) is 71.1 Å². The van der Waals surface area contributed by atoms with Gasteiger partial charge in [0, 0.05) is 23.4 Å². The van der Waals surface area contributed by atoms with E-state index in [9.17, 15) is 14.7 Å². The van der Waals surface area contributed by atoms with Crippen LogP contribution in [0.2, 0.25) is 0 Å². The molecule has 25 heavy (non-hydrogen) atoms. The van der Waals surface area contributed by atoms with Crippen molar-refractivity contribution < 1.29 is 14.7 Å². The number of thiophene rings is 1. The van der Waals surface area contributed by atoms with Crippen LogP contribution < -0.4 is 10.6 Å². The highest BCUT2D eigenvalue weighted by molar-refractivity contribution is 7.17. The molecule has 0 aliphatic rings. The highest BCUT2D eigenvalue weighted by atomic mass is 32.1. The molecule has 6 heteroatoms. The number of nitrogens with one attached hydrogen (secondary N) is 2. The maximum Gasteiger partial charge on any atom is 0.309 e. The van der Waals surface area contributed by atoms with Gasteiger partial charge in [-0.3, -0.25) is 9.59 Å². The van der Waals surface area contributed by atoms with Crippen molar-refractivity contribution >= 4 is 33.2 Å². The molecular formula is C19H18N2O3S. The molecule has 0 saturated heterocycles. The van der Waals surface area contributed by atoms with Crippen molar-refractivity contribution in [3.8, 4) is 0 Å². The van der Waals surface area contributed by atoms with Crippen molar-refractivity contribution in [1.29, 1.82) is 0 Å². The van der Waals surface area contributed by atoms with Crippen LogP contribution in [0.5, 0.6) is 0 Å².